The zero-order valence-corrected chi connectivity index (χ0v) is 16.1. The summed E-state index contributed by atoms with van der Waals surface area (Å²) in [7, 11) is -2.38. The number of anilines is 1. The van der Waals surface area contributed by atoms with Gasteiger partial charge in [-0.05, 0) is 49.4 Å². The third kappa shape index (κ3) is 4.47. The third-order valence-corrected chi connectivity index (χ3v) is 5.19. The highest BCUT2D eigenvalue weighted by atomic mass is 35.5. The van der Waals surface area contributed by atoms with Crippen molar-refractivity contribution in [3.05, 3.63) is 65.6 Å². The number of aryl methyl sites for hydroxylation is 1. The molecule has 27 heavy (non-hydrogen) atoms. The maximum absolute atomic E-state index is 12.7. The minimum absolute atomic E-state index is 0.0618. The molecule has 7 nitrogen and oxygen atoms in total. The number of rotatable bonds is 6. The Bertz CT molecular complexity index is 1060. The molecule has 0 fully saturated rings. The lowest BCUT2D eigenvalue weighted by atomic mass is 10.3. The van der Waals surface area contributed by atoms with Gasteiger partial charge in [-0.2, -0.15) is 0 Å². The van der Waals surface area contributed by atoms with Crippen LogP contribution in [-0.4, -0.2) is 25.5 Å². The van der Waals surface area contributed by atoms with Gasteiger partial charge in [-0.15, -0.1) is 0 Å². The second-order valence-electron chi connectivity index (χ2n) is 5.48. The number of aromatic nitrogens is 2. The summed E-state index contributed by atoms with van der Waals surface area (Å²) in [6.45, 7) is 1.77. The Labute approximate surface area is 162 Å². The molecule has 0 saturated heterocycles. The largest absolute Gasteiger partial charge is 0.497 e. The van der Waals surface area contributed by atoms with E-state index in [2.05, 4.69) is 14.7 Å². The first-order chi connectivity index (χ1) is 12.9. The Hall–Kier alpha value is -2.84. The number of hydrogen-bond acceptors (Lipinski definition) is 6. The molecule has 0 aliphatic carbocycles. The summed E-state index contributed by atoms with van der Waals surface area (Å²) in [5.74, 6) is 1.07. The van der Waals surface area contributed by atoms with Crippen LogP contribution in [0.2, 0.25) is 5.02 Å². The van der Waals surface area contributed by atoms with Gasteiger partial charge >= 0.3 is 0 Å². The van der Waals surface area contributed by atoms with E-state index in [1.807, 2.05) is 0 Å². The van der Waals surface area contributed by atoms with Crippen molar-refractivity contribution in [3.8, 4) is 17.4 Å². The maximum atomic E-state index is 12.7. The molecule has 0 spiro atoms. The average Bonchev–Trinajstić information content (AvgIpc) is 2.65. The summed E-state index contributed by atoms with van der Waals surface area (Å²) in [5, 5.41) is 0.262. The molecular formula is C18H16ClN3O4S. The van der Waals surface area contributed by atoms with E-state index in [9.17, 15) is 8.42 Å². The van der Waals surface area contributed by atoms with Crippen LogP contribution in [0.5, 0.6) is 17.4 Å². The second-order valence-corrected chi connectivity index (χ2v) is 7.60. The average molecular weight is 406 g/mol. The van der Waals surface area contributed by atoms with Crippen molar-refractivity contribution in [3.63, 3.8) is 0 Å². The number of nitrogens with zero attached hydrogens (tertiary/aromatic N) is 2. The number of benzene rings is 1. The molecule has 3 rings (SSSR count). The summed E-state index contributed by atoms with van der Waals surface area (Å²) >= 11 is 5.98. The number of halogens is 1. The van der Waals surface area contributed by atoms with Crippen LogP contribution in [0.15, 0.2) is 59.8 Å². The van der Waals surface area contributed by atoms with Gasteiger partial charge in [-0.1, -0.05) is 11.6 Å². The lowest BCUT2D eigenvalue weighted by molar-refractivity contribution is 0.414. The van der Waals surface area contributed by atoms with E-state index in [0.29, 0.717) is 17.2 Å². The summed E-state index contributed by atoms with van der Waals surface area (Å²) in [6, 6.07) is 10.8. The topological polar surface area (TPSA) is 90.4 Å². The van der Waals surface area contributed by atoms with Gasteiger partial charge < -0.3 is 9.47 Å². The predicted molar refractivity (Wildman–Crippen MR) is 102 cm³/mol. The molecule has 0 aliphatic rings. The van der Waals surface area contributed by atoms with Crippen LogP contribution < -0.4 is 14.2 Å². The van der Waals surface area contributed by atoms with Gasteiger partial charge in [-0.3, -0.25) is 9.71 Å². The van der Waals surface area contributed by atoms with Crippen LogP contribution in [0.1, 0.15) is 5.69 Å². The van der Waals surface area contributed by atoms with E-state index >= 15 is 0 Å². The molecular weight excluding hydrogens is 390 g/mol. The van der Waals surface area contributed by atoms with Crippen molar-refractivity contribution in [2.75, 3.05) is 11.8 Å². The number of hydrogen-bond donors (Lipinski definition) is 1. The molecule has 9 heteroatoms. The van der Waals surface area contributed by atoms with Crippen LogP contribution in [0.25, 0.3) is 0 Å². The first kappa shape index (κ1) is 18.9. The van der Waals surface area contributed by atoms with E-state index in [1.54, 1.807) is 37.4 Å². The Kier molecular flexibility index (Phi) is 5.48. The predicted octanol–water partition coefficient (Wildman–Crippen LogP) is 4.04. The third-order valence-electron chi connectivity index (χ3n) is 3.60. The molecule has 3 aromatic rings. The standard InChI is InChI=1S/C18H16ClN3O4S/c1-12-17(4-3-9-20-12)26-18-16(10-13(19)11-21-18)22-27(23,24)15-7-5-14(25-2)6-8-15/h3-11,22H,1-2H3. The second kappa shape index (κ2) is 7.81. The van der Waals surface area contributed by atoms with Gasteiger partial charge in [-0.25, -0.2) is 13.4 Å². The molecule has 2 heterocycles. The SMILES string of the molecule is COc1ccc(S(=O)(=O)Nc2cc(Cl)cnc2Oc2cccnc2C)cc1. The van der Waals surface area contributed by atoms with Crippen LogP contribution in [0, 0.1) is 6.92 Å². The lowest BCUT2D eigenvalue weighted by Crippen LogP contribution is -2.14. The molecule has 0 atom stereocenters. The fraction of sp³-hybridized carbons (Fsp3) is 0.111. The minimum atomic E-state index is -3.88. The van der Waals surface area contributed by atoms with E-state index < -0.39 is 10.0 Å². The molecule has 2 aromatic heterocycles. The highest BCUT2D eigenvalue weighted by molar-refractivity contribution is 7.92. The summed E-state index contributed by atoms with van der Waals surface area (Å²) in [6.07, 6.45) is 3.00. The summed E-state index contributed by atoms with van der Waals surface area (Å²) in [4.78, 5) is 8.28. The number of pyridine rings is 2. The normalized spacial score (nSPS) is 11.1. The van der Waals surface area contributed by atoms with E-state index in [4.69, 9.17) is 21.1 Å². The van der Waals surface area contributed by atoms with Crippen molar-refractivity contribution >= 4 is 27.3 Å². The highest BCUT2D eigenvalue weighted by Gasteiger charge is 2.19. The molecule has 0 unspecified atom stereocenters. The quantitative estimate of drug-likeness (QED) is 0.665. The van der Waals surface area contributed by atoms with Gasteiger partial charge in [0.05, 0.1) is 22.7 Å². The van der Waals surface area contributed by atoms with Gasteiger partial charge in [0.25, 0.3) is 10.0 Å². The lowest BCUT2D eigenvalue weighted by Gasteiger charge is -2.14. The van der Waals surface area contributed by atoms with Crippen molar-refractivity contribution in [1.29, 1.82) is 0 Å². The molecule has 1 N–H and O–H groups in total. The maximum Gasteiger partial charge on any atom is 0.262 e. The summed E-state index contributed by atoms with van der Waals surface area (Å²) in [5.41, 5.74) is 0.750. The van der Waals surface area contributed by atoms with E-state index in [-0.39, 0.29) is 21.5 Å². The van der Waals surface area contributed by atoms with E-state index in [0.717, 1.165) is 0 Å². The molecule has 0 aliphatic heterocycles. The van der Waals surface area contributed by atoms with Gasteiger partial charge in [0, 0.05) is 12.4 Å². The highest BCUT2D eigenvalue weighted by Crippen LogP contribution is 2.32. The Morgan fingerprint density at radius 3 is 2.52 bits per heavy atom. The van der Waals surface area contributed by atoms with Gasteiger partial charge in [0.2, 0.25) is 5.88 Å². The first-order valence-electron chi connectivity index (χ1n) is 7.81. The fourth-order valence-electron chi connectivity index (χ4n) is 2.22. The van der Waals surface area contributed by atoms with Crippen LogP contribution in [-0.2, 0) is 10.0 Å². The zero-order valence-electron chi connectivity index (χ0n) is 14.5. The van der Waals surface area contributed by atoms with Crippen molar-refractivity contribution < 1.29 is 17.9 Å². The van der Waals surface area contributed by atoms with Crippen LogP contribution in [0.4, 0.5) is 5.69 Å². The molecule has 1 aromatic carbocycles. The van der Waals surface area contributed by atoms with Crippen LogP contribution >= 0.6 is 11.6 Å². The number of sulfonamides is 1. The zero-order chi connectivity index (χ0) is 19.4. The number of nitrogens with one attached hydrogen (secondary N) is 1. The van der Waals surface area contributed by atoms with Crippen molar-refractivity contribution in [2.45, 2.75) is 11.8 Å². The van der Waals surface area contributed by atoms with Gasteiger partial charge in [0.15, 0.2) is 5.75 Å². The first-order valence-corrected chi connectivity index (χ1v) is 9.67. The Balaban J connectivity index is 1.93. The van der Waals surface area contributed by atoms with Gasteiger partial charge in [0.1, 0.15) is 11.4 Å². The van der Waals surface area contributed by atoms with Crippen LogP contribution in [0.3, 0.4) is 0 Å². The smallest absolute Gasteiger partial charge is 0.262 e. The Morgan fingerprint density at radius 2 is 1.85 bits per heavy atom. The molecule has 0 bridgehead atoms. The Morgan fingerprint density at radius 1 is 1.11 bits per heavy atom. The molecule has 0 radical (unpaired) electrons. The van der Waals surface area contributed by atoms with E-state index in [1.165, 1.54) is 31.5 Å². The molecule has 0 amide bonds. The monoisotopic (exact) mass is 405 g/mol. The number of methoxy groups -OCH3 is 1. The number of ether oxygens (including phenoxy) is 2. The molecule has 0 saturated carbocycles. The van der Waals surface area contributed by atoms with Crippen molar-refractivity contribution in [2.24, 2.45) is 0 Å². The van der Waals surface area contributed by atoms with Crippen molar-refractivity contribution in [1.82, 2.24) is 9.97 Å². The minimum Gasteiger partial charge on any atom is -0.497 e. The fourth-order valence-corrected chi connectivity index (χ4v) is 3.43. The molecule has 140 valence electrons. The summed E-state index contributed by atoms with van der Waals surface area (Å²) < 4.78 is 38.6.